The summed E-state index contributed by atoms with van der Waals surface area (Å²) in [7, 11) is 4.05. The predicted molar refractivity (Wildman–Crippen MR) is 108 cm³/mol. The van der Waals surface area contributed by atoms with E-state index in [9.17, 15) is 9.90 Å². The van der Waals surface area contributed by atoms with Crippen molar-refractivity contribution in [1.29, 1.82) is 0 Å². The Balaban J connectivity index is 1.96. The van der Waals surface area contributed by atoms with E-state index in [2.05, 4.69) is 53.1 Å². The lowest BCUT2D eigenvalue weighted by Crippen LogP contribution is -2.41. The molecule has 2 atom stereocenters. The molecule has 27 heavy (non-hydrogen) atoms. The first-order valence-corrected chi connectivity index (χ1v) is 9.68. The third-order valence-corrected chi connectivity index (χ3v) is 5.43. The van der Waals surface area contributed by atoms with Crippen LogP contribution < -0.4 is 4.90 Å². The number of rotatable bonds is 6. The van der Waals surface area contributed by atoms with Gasteiger partial charge in [0.1, 0.15) is 0 Å². The summed E-state index contributed by atoms with van der Waals surface area (Å²) in [6.45, 7) is 3.57. The molecule has 1 N–H and O–H groups in total. The van der Waals surface area contributed by atoms with E-state index >= 15 is 0 Å². The lowest BCUT2D eigenvalue weighted by Gasteiger charge is -2.37. The third kappa shape index (κ3) is 4.48. The maximum absolute atomic E-state index is 11.6. The second kappa shape index (κ2) is 8.53. The van der Waals surface area contributed by atoms with Crippen molar-refractivity contribution in [3.8, 4) is 0 Å². The number of anilines is 1. The molecular weight excluding hydrogens is 338 g/mol. The smallest absolute Gasteiger partial charge is 0.307 e. The van der Waals surface area contributed by atoms with Crippen molar-refractivity contribution in [2.24, 2.45) is 5.92 Å². The summed E-state index contributed by atoms with van der Waals surface area (Å²) in [6.07, 6.45) is 4.55. The van der Waals surface area contributed by atoms with E-state index in [0.717, 1.165) is 42.8 Å². The molecule has 1 aromatic carbocycles. The highest BCUT2D eigenvalue weighted by molar-refractivity contribution is 5.70. The van der Waals surface area contributed by atoms with E-state index < -0.39 is 5.97 Å². The molecule has 1 aromatic heterocycles. The molecule has 1 fully saturated rings. The van der Waals surface area contributed by atoms with Crippen LogP contribution in [0.2, 0.25) is 0 Å². The number of aliphatic carboxylic acids is 1. The predicted octanol–water partition coefficient (Wildman–Crippen LogP) is 3.60. The number of carboxylic acids is 1. The monoisotopic (exact) mass is 367 g/mol. The second-order valence-electron chi connectivity index (χ2n) is 7.51. The zero-order chi connectivity index (χ0) is 19.4. The first kappa shape index (κ1) is 19.4. The van der Waals surface area contributed by atoms with E-state index in [0.29, 0.717) is 6.54 Å². The van der Waals surface area contributed by atoms with Crippen LogP contribution in [0.4, 0.5) is 5.69 Å². The average molecular weight is 367 g/mol. The highest BCUT2D eigenvalue weighted by Crippen LogP contribution is 2.32. The summed E-state index contributed by atoms with van der Waals surface area (Å²) in [5, 5.41) is 9.50. The molecule has 0 spiro atoms. The van der Waals surface area contributed by atoms with Gasteiger partial charge in [0.2, 0.25) is 0 Å². The Labute approximate surface area is 161 Å². The van der Waals surface area contributed by atoms with Crippen molar-refractivity contribution in [3.05, 3.63) is 59.4 Å². The van der Waals surface area contributed by atoms with Crippen LogP contribution in [0.25, 0.3) is 0 Å². The van der Waals surface area contributed by atoms with Gasteiger partial charge in [-0.05, 0) is 55.1 Å². The van der Waals surface area contributed by atoms with Gasteiger partial charge in [-0.25, -0.2) is 0 Å². The quantitative estimate of drug-likeness (QED) is 0.845. The summed E-state index contributed by atoms with van der Waals surface area (Å²) in [5.41, 5.74) is 4.50. The number of likely N-dealkylation sites (tertiary alicyclic amines) is 1. The van der Waals surface area contributed by atoms with Crippen molar-refractivity contribution in [2.75, 3.05) is 32.1 Å². The zero-order valence-electron chi connectivity index (χ0n) is 16.4. The molecule has 0 bridgehead atoms. The Morgan fingerprint density at radius 2 is 2.00 bits per heavy atom. The Morgan fingerprint density at radius 1 is 1.26 bits per heavy atom. The van der Waals surface area contributed by atoms with Gasteiger partial charge in [0.25, 0.3) is 0 Å². The summed E-state index contributed by atoms with van der Waals surface area (Å²) in [5.74, 6) is -1.01. The second-order valence-corrected chi connectivity index (χ2v) is 7.51. The third-order valence-electron chi connectivity index (χ3n) is 5.43. The van der Waals surface area contributed by atoms with Crippen LogP contribution >= 0.6 is 0 Å². The Morgan fingerprint density at radius 3 is 2.56 bits per heavy atom. The number of piperidine rings is 1. The van der Waals surface area contributed by atoms with Gasteiger partial charge in [0.15, 0.2) is 0 Å². The van der Waals surface area contributed by atoms with Gasteiger partial charge in [-0.1, -0.05) is 25.1 Å². The molecule has 0 aliphatic carbocycles. The molecule has 0 amide bonds. The summed E-state index contributed by atoms with van der Waals surface area (Å²) < 4.78 is 0. The highest BCUT2D eigenvalue weighted by atomic mass is 16.4. The van der Waals surface area contributed by atoms with Crippen molar-refractivity contribution in [3.63, 3.8) is 0 Å². The van der Waals surface area contributed by atoms with Gasteiger partial charge in [0, 0.05) is 32.5 Å². The fourth-order valence-corrected chi connectivity index (χ4v) is 3.77. The fourth-order valence-electron chi connectivity index (χ4n) is 3.77. The van der Waals surface area contributed by atoms with Gasteiger partial charge < -0.3 is 10.0 Å². The number of aryl methyl sites for hydroxylation is 1. The van der Waals surface area contributed by atoms with Crippen LogP contribution in [0.5, 0.6) is 0 Å². The maximum Gasteiger partial charge on any atom is 0.307 e. The number of hydrogen-bond acceptors (Lipinski definition) is 4. The van der Waals surface area contributed by atoms with Crippen LogP contribution in [0.15, 0.2) is 42.6 Å². The van der Waals surface area contributed by atoms with Crippen LogP contribution in [0.3, 0.4) is 0 Å². The largest absolute Gasteiger partial charge is 0.481 e. The Bertz CT molecular complexity index is 756. The minimum Gasteiger partial charge on any atom is -0.481 e. The minimum atomic E-state index is -0.698. The molecule has 5 nitrogen and oxygen atoms in total. The van der Waals surface area contributed by atoms with Crippen LogP contribution in [0, 0.1) is 5.92 Å². The lowest BCUT2D eigenvalue weighted by atomic mass is 9.93. The van der Waals surface area contributed by atoms with Gasteiger partial charge in [-0.3, -0.25) is 14.7 Å². The topological polar surface area (TPSA) is 56.7 Å². The van der Waals surface area contributed by atoms with E-state index in [4.69, 9.17) is 4.98 Å². The van der Waals surface area contributed by atoms with Crippen molar-refractivity contribution in [2.45, 2.75) is 32.2 Å². The first-order valence-electron chi connectivity index (χ1n) is 9.68. The van der Waals surface area contributed by atoms with E-state index in [1.54, 1.807) is 0 Å². The summed E-state index contributed by atoms with van der Waals surface area (Å²) in [4.78, 5) is 20.6. The van der Waals surface area contributed by atoms with E-state index in [1.807, 2.05) is 20.3 Å². The number of hydrogen-bond donors (Lipinski definition) is 1. The molecule has 2 heterocycles. The van der Waals surface area contributed by atoms with Gasteiger partial charge >= 0.3 is 5.97 Å². The molecule has 144 valence electrons. The maximum atomic E-state index is 11.6. The molecule has 2 aromatic rings. The van der Waals surface area contributed by atoms with Crippen LogP contribution in [-0.2, 0) is 11.2 Å². The van der Waals surface area contributed by atoms with Gasteiger partial charge in [-0.2, -0.15) is 0 Å². The Hall–Kier alpha value is -2.40. The molecule has 3 rings (SSSR count). The fraction of sp³-hybridized carbons (Fsp3) is 0.455. The first-order chi connectivity index (χ1) is 13.0. The number of pyridine rings is 1. The minimum absolute atomic E-state index is 0.0192. The summed E-state index contributed by atoms with van der Waals surface area (Å²) >= 11 is 0. The van der Waals surface area contributed by atoms with Crippen LogP contribution in [-0.4, -0.2) is 48.1 Å². The normalized spacial score (nSPS) is 18.9. The molecule has 0 radical (unpaired) electrons. The molecular formula is C22H29N3O2. The van der Waals surface area contributed by atoms with Crippen molar-refractivity contribution in [1.82, 2.24) is 9.88 Å². The number of aromatic nitrogens is 1. The number of nitrogens with zero attached hydrogens (tertiary/aromatic N) is 3. The number of carbonyl (C=O) groups is 1. The molecule has 2 unspecified atom stereocenters. The molecule has 1 saturated heterocycles. The molecule has 0 saturated carbocycles. The van der Waals surface area contributed by atoms with E-state index in [-0.39, 0.29) is 12.0 Å². The van der Waals surface area contributed by atoms with E-state index in [1.165, 1.54) is 5.56 Å². The Kier molecular flexibility index (Phi) is 6.11. The average Bonchev–Trinajstić information content (AvgIpc) is 2.69. The van der Waals surface area contributed by atoms with Crippen molar-refractivity contribution >= 4 is 11.7 Å². The molecule has 1 aliphatic heterocycles. The molecule has 1 aliphatic rings. The summed E-state index contributed by atoms with van der Waals surface area (Å²) in [6, 6.07) is 12.7. The lowest BCUT2D eigenvalue weighted by molar-refractivity contribution is -0.143. The van der Waals surface area contributed by atoms with Crippen LogP contribution in [0.1, 0.15) is 42.6 Å². The van der Waals surface area contributed by atoms with Crippen molar-refractivity contribution < 1.29 is 9.90 Å². The van der Waals surface area contributed by atoms with Gasteiger partial charge in [0.05, 0.1) is 17.7 Å². The highest BCUT2D eigenvalue weighted by Gasteiger charge is 2.31. The SMILES string of the molecule is CCc1ccc(C(c2ccc(N(C)C)cc2)N2CCCC(C(=O)O)C2)nc1. The number of carboxylic acid groups (broad SMARTS) is 1. The number of benzene rings is 1. The standard InChI is InChI=1S/C22H29N3O2/c1-4-16-7-12-20(23-14-16)21(17-8-10-19(11-9-17)24(2)3)25-13-5-6-18(15-25)22(26)27/h7-12,14,18,21H,4-6,13,15H2,1-3H3,(H,26,27). The van der Waals surface area contributed by atoms with Gasteiger partial charge in [-0.15, -0.1) is 0 Å². The zero-order valence-corrected chi connectivity index (χ0v) is 16.4. The molecule has 5 heteroatoms.